The van der Waals surface area contributed by atoms with Crippen LogP contribution < -0.4 is 5.32 Å². The molecule has 0 bridgehead atoms. The zero-order valence-corrected chi connectivity index (χ0v) is 11.6. The van der Waals surface area contributed by atoms with Gasteiger partial charge in [-0.1, -0.05) is 26.7 Å². The average Bonchev–Trinajstić information content (AvgIpc) is 3.05. The third-order valence-corrected chi connectivity index (χ3v) is 5.47. The van der Waals surface area contributed by atoms with E-state index in [1.807, 2.05) is 11.8 Å². The van der Waals surface area contributed by atoms with E-state index in [0.717, 1.165) is 5.92 Å². The van der Waals surface area contributed by atoms with Crippen LogP contribution in [0.1, 0.15) is 52.9 Å². The predicted octanol–water partition coefficient (Wildman–Crippen LogP) is 3.69. The zero-order valence-electron chi connectivity index (χ0n) is 10.8. The van der Waals surface area contributed by atoms with Gasteiger partial charge in [0.15, 0.2) is 0 Å². The Labute approximate surface area is 99.8 Å². The van der Waals surface area contributed by atoms with Crippen molar-refractivity contribution in [2.75, 3.05) is 12.8 Å². The summed E-state index contributed by atoms with van der Waals surface area (Å²) in [6.07, 6.45) is 9.13. The van der Waals surface area contributed by atoms with E-state index in [1.165, 1.54) is 38.6 Å². The van der Waals surface area contributed by atoms with Crippen LogP contribution in [0.2, 0.25) is 0 Å². The van der Waals surface area contributed by atoms with Crippen molar-refractivity contribution in [3.8, 4) is 0 Å². The molecule has 1 unspecified atom stereocenters. The molecular weight excluding hydrogens is 202 g/mol. The first kappa shape index (κ1) is 13.4. The minimum absolute atomic E-state index is 0.470. The lowest BCUT2D eigenvalue weighted by atomic mass is 10.0. The van der Waals surface area contributed by atoms with Crippen LogP contribution in [0.15, 0.2) is 0 Å². The Morgan fingerprint density at radius 3 is 2.33 bits per heavy atom. The van der Waals surface area contributed by atoms with Gasteiger partial charge in [0.25, 0.3) is 0 Å². The summed E-state index contributed by atoms with van der Waals surface area (Å²) in [6, 6.07) is 0.710. The maximum absolute atomic E-state index is 3.73. The standard InChI is InChI=1S/C13H27NS/c1-5-13(6-2,15-4)10-14-11(3)9-12-7-8-12/h11-12,14H,5-10H2,1-4H3. The van der Waals surface area contributed by atoms with Gasteiger partial charge >= 0.3 is 0 Å². The van der Waals surface area contributed by atoms with Crippen LogP contribution in [-0.4, -0.2) is 23.6 Å². The van der Waals surface area contributed by atoms with Crippen molar-refractivity contribution >= 4 is 11.8 Å². The zero-order chi connectivity index (χ0) is 11.3. The van der Waals surface area contributed by atoms with Gasteiger partial charge < -0.3 is 5.32 Å². The van der Waals surface area contributed by atoms with E-state index in [2.05, 4.69) is 32.3 Å². The molecule has 0 radical (unpaired) electrons. The van der Waals surface area contributed by atoms with Crippen molar-refractivity contribution in [1.82, 2.24) is 5.32 Å². The van der Waals surface area contributed by atoms with Crippen LogP contribution in [0.25, 0.3) is 0 Å². The fourth-order valence-electron chi connectivity index (χ4n) is 2.16. The van der Waals surface area contributed by atoms with Crippen LogP contribution in [0.3, 0.4) is 0 Å². The molecule has 90 valence electrons. The summed E-state index contributed by atoms with van der Waals surface area (Å²) in [5, 5.41) is 3.73. The number of nitrogens with one attached hydrogen (secondary N) is 1. The third kappa shape index (κ3) is 4.36. The SMILES string of the molecule is CCC(CC)(CNC(C)CC1CC1)SC. The van der Waals surface area contributed by atoms with E-state index in [0.29, 0.717) is 10.8 Å². The van der Waals surface area contributed by atoms with Crippen molar-refractivity contribution in [1.29, 1.82) is 0 Å². The molecule has 1 aliphatic rings. The Hall–Kier alpha value is 0.310. The highest BCUT2D eigenvalue weighted by atomic mass is 32.2. The van der Waals surface area contributed by atoms with Crippen LogP contribution in [0.4, 0.5) is 0 Å². The van der Waals surface area contributed by atoms with Gasteiger partial charge in [0.2, 0.25) is 0 Å². The molecule has 0 heterocycles. The second-order valence-electron chi connectivity index (χ2n) is 5.06. The van der Waals surface area contributed by atoms with Crippen LogP contribution in [0.5, 0.6) is 0 Å². The molecule has 0 saturated heterocycles. The fraction of sp³-hybridized carbons (Fsp3) is 1.00. The summed E-state index contributed by atoms with van der Waals surface area (Å²) >= 11 is 2.03. The van der Waals surface area contributed by atoms with Gasteiger partial charge in [-0.25, -0.2) is 0 Å². The molecule has 1 rings (SSSR count). The molecule has 1 N–H and O–H groups in total. The molecule has 0 spiro atoms. The van der Waals surface area contributed by atoms with Crippen LogP contribution in [0, 0.1) is 5.92 Å². The van der Waals surface area contributed by atoms with E-state index in [4.69, 9.17) is 0 Å². The summed E-state index contributed by atoms with van der Waals surface area (Å²) < 4.78 is 0.470. The first-order chi connectivity index (χ1) is 7.15. The van der Waals surface area contributed by atoms with Gasteiger partial charge in [-0.15, -0.1) is 0 Å². The number of rotatable bonds is 8. The first-order valence-corrected chi connectivity index (χ1v) is 7.66. The van der Waals surface area contributed by atoms with Gasteiger partial charge in [0.05, 0.1) is 0 Å². The number of thioether (sulfide) groups is 1. The lowest BCUT2D eigenvalue weighted by Crippen LogP contribution is -2.40. The molecule has 0 aromatic rings. The van der Waals surface area contributed by atoms with Crippen molar-refractivity contribution in [2.45, 2.75) is 63.7 Å². The Morgan fingerprint density at radius 1 is 1.33 bits per heavy atom. The van der Waals surface area contributed by atoms with Gasteiger partial charge in [-0.3, -0.25) is 0 Å². The van der Waals surface area contributed by atoms with Gasteiger partial charge in [0.1, 0.15) is 0 Å². The molecule has 2 heteroatoms. The van der Waals surface area contributed by atoms with Crippen LogP contribution >= 0.6 is 11.8 Å². The van der Waals surface area contributed by atoms with E-state index in [1.54, 1.807) is 0 Å². The minimum atomic E-state index is 0.470. The summed E-state index contributed by atoms with van der Waals surface area (Å²) in [5.74, 6) is 1.04. The molecule has 1 atom stereocenters. The summed E-state index contributed by atoms with van der Waals surface area (Å²) in [5.41, 5.74) is 0. The molecule has 1 nitrogen and oxygen atoms in total. The van der Waals surface area contributed by atoms with E-state index < -0.39 is 0 Å². The highest BCUT2D eigenvalue weighted by Gasteiger charge is 2.27. The van der Waals surface area contributed by atoms with E-state index in [9.17, 15) is 0 Å². The normalized spacial score (nSPS) is 19.2. The number of hydrogen-bond donors (Lipinski definition) is 1. The maximum atomic E-state index is 3.73. The van der Waals surface area contributed by atoms with Gasteiger partial charge in [-0.2, -0.15) is 11.8 Å². The quantitative estimate of drug-likeness (QED) is 0.681. The Kier molecular flexibility index (Phi) is 5.48. The van der Waals surface area contributed by atoms with E-state index >= 15 is 0 Å². The lowest BCUT2D eigenvalue weighted by molar-refractivity contribution is 0.427. The molecule has 1 saturated carbocycles. The van der Waals surface area contributed by atoms with Crippen molar-refractivity contribution in [2.24, 2.45) is 5.92 Å². The maximum Gasteiger partial charge on any atom is 0.0276 e. The third-order valence-electron chi connectivity index (χ3n) is 3.88. The molecule has 1 fully saturated rings. The largest absolute Gasteiger partial charge is 0.313 e. The second kappa shape index (κ2) is 6.15. The Bertz CT molecular complexity index is 165. The Morgan fingerprint density at radius 2 is 1.93 bits per heavy atom. The highest BCUT2D eigenvalue weighted by Crippen LogP contribution is 2.34. The topological polar surface area (TPSA) is 12.0 Å². The molecule has 0 amide bonds. The molecule has 0 aliphatic heterocycles. The molecule has 1 aliphatic carbocycles. The minimum Gasteiger partial charge on any atom is -0.313 e. The summed E-state index contributed by atoms with van der Waals surface area (Å²) in [7, 11) is 0. The lowest BCUT2D eigenvalue weighted by Gasteiger charge is -2.31. The first-order valence-electron chi connectivity index (χ1n) is 6.44. The predicted molar refractivity (Wildman–Crippen MR) is 71.6 cm³/mol. The monoisotopic (exact) mass is 229 g/mol. The van der Waals surface area contributed by atoms with Crippen LogP contribution in [-0.2, 0) is 0 Å². The van der Waals surface area contributed by atoms with Crippen molar-refractivity contribution in [3.05, 3.63) is 0 Å². The van der Waals surface area contributed by atoms with Gasteiger partial charge in [-0.05, 0) is 38.4 Å². The second-order valence-corrected chi connectivity index (χ2v) is 6.33. The highest BCUT2D eigenvalue weighted by molar-refractivity contribution is 8.00. The Balaban J connectivity index is 2.24. The van der Waals surface area contributed by atoms with Crippen molar-refractivity contribution in [3.63, 3.8) is 0 Å². The summed E-state index contributed by atoms with van der Waals surface area (Å²) in [6.45, 7) is 8.14. The van der Waals surface area contributed by atoms with E-state index in [-0.39, 0.29) is 0 Å². The smallest absolute Gasteiger partial charge is 0.0276 e. The molecule has 0 aromatic carbocycles. The average molecular weight is 229 g/mol. The van der Waals surface area contributed by atoms with Gasteiger partial charge in [0, 0.05) is 17.3 Å². The molecule has 15 heavy (non-hydrogen) atoms. The molecule has 0 aromatic heterocycles. The summed E-state index contributed by atoms with van der Waals surface area (Å²) in [4.78, 5) is 0. The molecular formula is C13H27NS. The fourth-order valence-corrected chi connectivity index (χ4v) is 2.96. The van der Waals surface area contributed by atoms with Crippen molar-refractivity contribution < 1.29 is 0 Å². The number of hydrogen-bond acceptors (Lipinski definition) is 2.